The zero-order chi connectivity index (χ0) is 20.5. The summed E-state index contributed by atoms with van der Waals surface area (Å²) in [6.07, 6.45) is 4.30. The Kier molecular flexibility index (Phi) is 5.11. The fraction of sp³-hybridized carbons (Fsp3) is 0.733. The van der Waals surface area contributed by atoms with Gasteiger partial charge < -0.3 is 14.2 Å². The van der Waals surface area contributed by atoms with E-state index in [1.54, 1.807) is 0 Å². The first kappa shape index (κ1) is 21.2. The second-order valence-electron chi connectivity index (χ2n) is 7.04. The van der Waals surface area contributed by atoms with Gasteiger partial charge in [0.1, 0.15) is 36.5 Å². The molecule has 5 rings (SSSR count). The third-order valence-corrected chi connectivity index (χ3v) is 6.07. The molecule has 0 spiro atoms. The van der Waals surface area contributed by atoms with Crippen molar-refractivity contribution < 1.29 is 23.8 Å². The van der Waals surface area contributed by atoms with Crippen molar-refractivity contribution >= 4 is 81.8 Å². The second-order valence-corrected chi connectivity index (χ2v) is 12.1. The molecule has 4 unspecified atom stereocenters. The van der Waals surface area contributed by atoms with Crippen LogP contribution in [0.5, 0.6) is 0 Å². The summed E-state index contributed by atoms with van der Waals surface area (Å²) in [5, 5.41) is 2.27. The van der Waals surface area contributed by atoms with Gasteiger partial charge in [-0.1, -0.05) is 81.8 Å². The Morgan fingerprint density at radius 2 is 1.29 bits per heavy atom. The quantitative estimate of drug-likeness (QED) is 0.307. The molecule has 156 valence electrons. The van der Waals surface area contributed by atoms with Crippen LogP contribution in [0.2, 0.25) is 0 Å². The summed E-state index contributed by atoms with van der Waals surface area (Å²) in [6, 6.07) is -1.13. The average Bonchev–Trinajstić information content (AvgIpc) is 3.14. The Morgan fingerprint density at radius 3 is 1.64 bits per heavy atom. The van der Waals surface area contributed by atoms with E-state index in [2.05, 4.69) is 0 Å². The molecule has 0 N–H and O–H groups in total. The van der Waals surface area contributed by atoms with Gasteiger partial charge >= 0.3 is 12.2 Å². The van der Waals surface area contributed by atoms with Crippen LogP contribution < -0.4 is 0 Å². The molecule has 1 saturated carbocycles. The third kappa shape index (κ3) is 3.31. The Hall–Kier alpha value is -0.0200. The SMILES string of the molecule is O=C(OCC(Cl)(Cl)Cl)N1C2C=CC(N1C(=O)OCC(Cl)(Cl)Cl)C13CCCC21O3. The van der Waals surface area contributed by atoms with E-state index in [-0.39, 0.29) is 0 Å². The molecular weight excluding hydrogens is 501 g/mol. The van der Waals surface area contributed by atoms with Crippen molar-refractivity contribution in [3.8, 4) is 0 Å². The van der Waals surface area contributed by atoms with Gasteiger partial charge in [0.2, 0.25) is 7.59 Å². The summed E-state index contributed by atoms with van der Waals surface area (Å²) < 4.78 is 12.7. The van der Waals surface area contributed by atoms with E-state index in [1.807, 2.05) is 12.2 Å². The number of hydrogen-bond donors (Lipinski definition) is 0. The highest BCUT2D eigenvalue weighted by molar-refractivity contribution is 6.68. The lowest BCUT2D eigenvalue weighted by Gasteiger charge is -2.50. The molecule has 13 heteroatoms. The Labute approximate surface area is 190 Å². The number of hydrogen-bond acceptors (Lipinski definition) is 5. The van der Waals surface area contributed by atoms with Crippen LogP contribution in [0.15, 0.2) is 12.2 Å². The van der Waals surface area contributed by atoms with Gasteiger partial charge in [-0.25, -0.2) is 19.6 Å². The number of rotatable bonds is 2. The van der Waals surface area contributed by atoms with Gasteiger partial charge in [-0.3, -0.25) is 0 Å². The number of nitrogens with zero attached hydrogens (tertiary/aromatic N) is 2. The largest absolute Gasteiger partial charge is 0.444 e. The molecule has 3 aliphatic heterocycles. The number of alkyl halides is 6. The van der Waals surface area contributed by atoms with Gasteiger partial charge in [-0.05, 0) is 19.3 Å². The number of fused-ring (bicyclic) bond motifs is 1. The molecule has 0 radical (unpaired) electrons. The smallest absolute Gasteiger partial charge is 0.429 e. The van der Waals surface area contributed by atoms with Crippen LogP contribution in [0.1, 0.15) is 19.3 Å². The summed E-state index contributed by atoms with van der Waals surface area (Å²) in [6.45, 7) is -0.992. The molecule has 2 amide bonds. The molecule has 2 saturated heterocycles. The minimum atomic E-state index is -1.80. The Balaban J connectivity index is 1.61. The van der Waals surface area contributed by atoms with Crippen LogP contribution in [-0.4, -0.2) is 66.3 Å². The minimum Gasteiger partial charge on any atom is -0.444 e. The standard InChI is InChI=1S/C15H14Cl6N2O5/c16-14(17,18)6-26-10(24)22-8-2-3-9(13-5-1-4-12(8,13)28-13)23(22)11(25)27-7-15(19,20)21/h2-3,8-9H,1,4-7H2. The topological polar surface area (TPSA) is 71.6 Å². The predicted octanol–water partition coefficient (Wildman–Crippen LogP) is 4.53. The Bertz CT molecular complexity index is 681. The number of carbonyl (C=O) groups excluding carboxylic acids is 2. The lowest BCUT2D eigenvalue weighted by molar-refractivity contribution is -0.0881. The summed E-state index contributed by atoms with van der Waals surface area (Å²) >= 11 is 34.0. The highest BCUT2D eigenvalue weighted by Crippen LogP contribution is 2.69. The first-order chi connectivity index (χ1) is 12.9. The fourth-order valence-electron chi connectivity index (χ4n) is 4.53. The molecule has 7 nitrogen and oxygen atoms in total. The number of amides is 2. The zero-order valence-corrected chi connectivity index (χ0v) is 18.6. The molecule has 2 bridgehead atoms. The zero-order valence-electron chi connectivity index (χ0n) is 14.0. The maximum Gasteiger partial charge on any atom is 0.429 e. The van der Waals surface area contributed by atoms with Crippen molar-refractivity contribution in [2.75, 3.05) is 13.2 Å². The summed E-state index contributed by atoms with van der Waals surface area (Å²) in [7, 11) is 0. The van der Waals surface area contributed by atoms with Gasteiger partial charge in [0.25, 0.3) is 0 Å². The van der Waals surface area contributed by atoms with E-state index in [9.17, 15) is 9.59 Å². The monoisotopic (exact) mass is 512 g/mol. The summed E-state index contributed by atoms with van der Waals surface area (Å²) in [5.41, 5.74) is -1.12. The third-order valence-electron chi connectivity index (χ3n) is 5.42. The maximum absolute atomic E-state index is 12.8. The first-order valence-electron chi connectivity index (χ1n) is 8.34. The Morgan fingerprint density at radius 1 is 0.893 bits per heavy atom. The summed E-state index contributed by atoms with van der Waals surface area (Å²) in [5.74, 6) is 0. The van der Waals surface area contributed by atoms with Crippen LogP contribution in [0.25, 0.3) is 0 Å². The van der Waals surface area contributed by atoms with Gasteiger partial charge in [-0.2, -0.15) is 0 Å². The van der Waals surface area contributed by atoms with Gasteiger partial charge in [0.05, 0.1) is 0 Å². The molecule has 0 aromatic rings. The molecule has 28 heavy (non-hydrogen) atoms. The van der Waals surface area contributed by atoms with E-state index in [0.717, 1.165) is 29.3 Å². The number of epoxide rings is 1. The maximum atomic E-state index is 12.8. The van der Waals surface area contributed by atoms with Crippen molar-refractivity contribution in [1.29, 1.82) is 0 Å². The van der Waals surface area contributed by atoms with E-state index in [1.165, 1.54) is 0 Å². The van der Waals surface area contributed by atoms with Gasteiger partial charge in [-0.15, -0.1) is 0 Å². The molecule has 3 heterocycles. The molecule has 0 aromatic carbocycles. The fourth-order valence-corrected chi connectivity index (χ4v) is 4.85. The van der Waals surface area contributed by atoms with Crippen LogP contribution >= 0.6 is 69.6 Å². The predicted molar refractivity (Wildman–Crippen MR) is 104 cm³/mol. The van der Waals surface area contributed by atoms with Crippen molar-refractivity contribution in [3.05, 3.63) is 12.2 Å². The van der Waals surface area contributed by atoms with Crippen LogP contribution in [0.4, 0.5) is 9.59 Å². The van der Waals surface area contributed by atoms with Crippen LogP contribution in [-0.2, 0) is 14.2 Å². The van der Waals surface area contributed by atoms with E-state index in [4.69, 9.17) is 83.8 Å². The molecule has 2 aliphatic carbocycles. The van der Waals surface area contributed by atoms with Crippen LogP contribution in [0.3, 0.4) is 0 Å². The van der Waals surface area contributed by atoms with Crippen molar-refractivity contribution in [1.82, 2.24) is 10.0 Å². The van der Waals surface area contributed by atoms with Crippen molar-refractivity contribution in [3.63, 3.8) is 0 Å². The van der Waals surface area contributed by atoms with Crippen molar-refractivity contribution in [2.45, 2.75) is 50.1 Å². The molecular formula is C15H14Cl6N2O5. The molecule has 4 atom stereocenters. The molecule has 3 fully saturated rings. The highest BCUT2D eigenvalue weighted by atomic mass is 35.6. The van der Waals surface area contributed by atoms with Crippen molar-refractivity contribution in [2.24, 2.45) is 0 Å². The van der Waals surface area contributed by atoms with Crippen LogP contribution in [0, 0.1) is 0 Å². The van der Waals surface area contributed by atoms with Gasteiger partial charge in [0, 0.05) is 0 Å². The molecule has 5 aliphatic rings. The first-order valence-corrected chi connectivity index (χ1v) is 10.6. The van der Waals surface area contributed by atoms with E-state index in [0.29, 0.717) is 0 Å². The second kappa shape index (κ2) is 6.74. The average molecular weight is 515 g/mol. The van der Waals surface area contributed by atoms with E-state index < -0.39 is 56.3 Å². The molecule has 0 aromatic heterocycles. The lowest BCUT2D eigenvalue weighted by atomic mass is 9.76. The summed E-state index contributed by atoms with van der Waals surface area (Å²) in [4.78, 5) is 25.6. The number of hydrazine groups is 1. The normalized spacial score (nSPS) is 35.5. The lowest BCUT2D eigenvalue weighted by Crippen LogP contribution is -2.71. The van der Waals surface area contributed by atoms with Gasteiger partial charge in [0.15, 0.2) is 0 Å². The minimum absolute atomic E-state index is 0.496. The number of carbonyl (C=O) groups is 2. The highest BCUT2D eigenvalue weighted by Gasteiger charge is 2.85. The number of ether oxygens (including phenoxy) is 3. The number of halogens is 6. The van der Waals surface area contributed by atoms with E-state index >= 15 is 0 Å².